The van der Waals surface area contributed by atoms with E-state index in [1.54, 1.807) is 0 Å². The lowest BCUT2D eigenvalue weighted by Crippen LogP contribution is -2.05. The van der Waals surface area contributed by atoms with Gasteiger partial charge in [0.2, 0.25) is 6.79 Å². The predicted octanol–water partition coefficient (Wildman–Crippen LogP) is 5.53. The van der Waals surface area contributed by atoms with E-state index in [4.69, 9.17) is 19.3 Å². The highest BCUT2D eigenvalue weighted by Gasteiger charge is 2.15. The lowest BCUT2D eigenvalue weighted by atomic mass is 10.1. The Morgan fingerprint density at radius 2 is 1.73 bits per heavy atom. The molecule has 0 atom stereocenters. The van der Waals surface area contributed by atoms with Crippen LogP contribution in [0.3, 0.4) is 0 Å². The molecule has 0 saturated heterocycles. The van der Waals surface area contributed by atoms with Crippen LogP contribution in [0.4, 0.5) is 5.82 Å². The number of aromatic nitrogens is 3. The fraction of sp³-hybridized carbons (Fsp3) is 0.0769. The van der Waals surface area contributed by atoms with E-state index in [9.17, 15) is 0 Å². The van der Waals surface area contributed by atoms with E-state index in [0.717, 1.165) is 51.3 Å². The molecule has 162 valence electrons. The molecule has 0 amide bonds. The molecule has 1 aliphatic heterocycles. The van der Waals surface area contributed by atoms with Crippen molar-refractivity contribution in [3.05, 3.63) is 96.7 Å². The molecule has 0 fully saturated rings. The summed E-state index contributed by atoms with van der Waals surface area (Å²) in [7, 11) is 0. The molecule has 0 bridgehead atoms. The molecule has 1 N–H and O–H groups in total. The molecule has 6 rings (SSSR count). The average Bonchev–Trinajstić information content (AvgIpc) is 3.50. The Labute approximate surface area is 190 Å². The number of nitrogens with one attached hydrogen (secondary N) is 1. The Morgan fingerprint density at radius 1 is 0.879 bits per heavy atom. The number of anilines is 1. The van der Waals surface area contributed by atoms with Crippen molar-refractivity contribution in [2.24, 2.45) is 0 Å². The molecule has 33 heavy (non-hydrogen) atoms. The molecule has 2 aromatic heterocycles. The van der Waals surface area contributed by atoms with Crippen molar-refractivity contribution in [3.63, 3.8) is 0 Å². The summed E-state index contributed by atoms with van der Waals surface area (Å²) in [6.07, 6.45) is 1.82. The third-order valence-corrected chi connectivity index (χ3v) is 5.41. The van der Waals surface area contributed by atoms with E-state index >= 15 is 0 Å². The zero-order chi connectivity index (χ0) is 22.0. The fourth-order valence-electron chi connectivity index (χ4n) is 3.78. The minimum absolute atomic E-state index is 0.267. The molecular formula is C26H20N4O3. The van der Waals surface area contributed by atoms with E-state index in [-0.39, 0.29) is 6.79 Å². The van der Waals surface area contributed by atoms with Crippen LogP contribution in [-0.4, -0.2) is 21.4 Å². The summed E-state index contributed by atoms with van der Waals surface area (Å²) in [5.41, 5.74) is 3.60. The smallest absolute Gasteiger partial charge is 0.231 e. The average molecular weight is 436 g/mol. The number of para-hydroxylation sites is 2. The monoisotopic (exact) mass is 436 g/mol. The minimum Gasteiger partial charge on any atom is -0.457 e. The molecule has 7 nitrogen and oxygen atoms in total. The molecule has 0 aliphatic carbocycles. The third-order valence-electron chi connectivity index (χ3n) is 5.41. The number of nitrogens with zero attached hydrogens (tertiary/aromatic N) is 3. The summed E-state index contributed by atoms with van der Waals surface area (Å²) in [5.74, 6) is 3.80. The van der Waals surface area contributed by atoms with Crippen LogP contribution in [0.25, 0.3) is 16.9 Å². The largest absolute Gasteiger partial charge is 0.457 e. The molecule has 0 saturated carbocycles. The van der Waals surface area contributed by atoms with E-state index in [2.05, 4.69) is 10.3 Å². The second kappa shape index (κ2) is 8.20. The molecule has 0 unspecified atom stereocenters. The van der Waals surface area contributed by atoms with Crippen LogP contribution < -0.4 is 19.5 Å². The minimum atomic E-state index is 0.267. The Bertz CT molecular complexity index is 1430. The van der Waals surface area contributed by atoms with Crippen LogP contribution in [-0.2, 0) is 6.54 Å². The van der Waals surface area contributed by atoms with Crippen molar-refractivity contribution in [2.45, 2.75) is 6.54 Å². The fourth-order valence-corrected chi connectivity index (χ4v) is 3.78. The maximum atomic E-state index is 6.15. The van der Waals surface area contributed by atoms with E-state index in [1.165, 1.54) is 0 Å². The maximum Gasteiger partial charge on any atom is 0.231 e. The predicted molar refractivity (Wildman–Crippen MR) is 125 cm³/mol. The van der Waals surface area contributed by atoms with Crippen LogP contribution in [0.1, 0.15) is 5.56 Å². The Hall–Kier alpha value is -4.52. The summed E-state index contributed by atoms with van der Waals surface area (Å²) in [4.78, 5) is 4.53. The number of fused-ring (bicyclic) bond motifs is 2. The van der Waals surface area contributed by atoms with Crippen molar-refractivity contribution >= 4 is 11.5 Å². The number of ether oxygens (including phenoxy) is 3. The van der Waals surface area contributed by atoms with Gasteiger partial charge in [0.1, 0.15) is 17.3 Å². The topological polar surface area (TPSA) is 69.9 Å². The first-order valence-electron chi connectivity index (χ1n) is 10.6. The molecule has 0 spiro atoms. The first-order chi connectivity index (χ1) is 16.3. The highest BCUT2D eigenvalue weighted by Crippen LogP contribution is 2.34. The SMILES string of the molecule is c1ccc(Oc2ccccc2-c2cnc3ccc(NCc4ccc5c(c4)OCO5)nn23)cc1. The van der Waals surface area contributed by atoms with Crippen LogP contribution in [0, 0.1) is 0 Å². The molecule has 3 heterocycles. The van der Waals surface area contributed by atoms with Crippen LogP contribution >= 0.6 is 0 Å². The standard InChI is InChI=1S/C26H20N4O3/c1-2-6-19(7-3-1)33-22-9-5-4-8-20(22)21-16-28-26-13-12-25(29-30(21)26)27-15-18-10-11-23-24(14-18)32-17-31-23/h1-14,16H,15,17H2,(H,27,29). The van der Waals surface area contributed by atoms with Crippen molar-refractivity contribution < 1.29 is 14.2 Å². The second-order valence-electron chi connectivity index (χ2n) is 7.58. The molecular weight excluding hydrogens is 416 g/mol. The molecule has 3 aromatic carbocycles. The first kappa shape index (κ1) is 19.2. The molecule has 1 aliphatic rings. The van der Waals surface area contributed by atoms with Gasteiger partial charge >= 0.3 is 0 Å². The van der Waals surface area contributed by atoms with Gasteiger partial charge in [-0.05, 0) is 54.1 Å². The van der Waals surface area contributed by atoms with Gasteiger partial charge < -0.3 is 19.5 Å². The van der Waals surface area contributed by atoms with Crippen molar-refractivity contribution in [1.29, 1.82) is 0 Å². The Morgan fingerprint density at radius 3 is 2.67 bits per heavy atom. The van der Waals surface area contributed by atoms with Gasteiger partial charge in [0.25, 0.3) is 0 Å². The number of hydrogen-bond donors (Lipinski definition) is 1. The molecule has 5 aromatic rings. The molecule has 7 heteroatoms. The van der Waals surface area contributed by atoms with E-state index in [1.807, 2.05) is 95.6 Å². The zero-order valence-electron chi connectivity index (χ0n) is 17.6. The van der Waals surface area contributed by atoms with Crippen LogP contribution in [0.2, 0.25) is 0 Å². The summed E-state index contributed by atoms with van der Waals surface area (Å²) in [6, 6.07) is 27.4. The Balaban J connectivity index is 1.29. The number of benzene rings is 3. The first-order valence-corrected chi connectivity index (χ1v) is 10.6. The summed E-state index contributed by atoms with van der Waals surface area (Å²) in [6.45, 7) is 0.871. The summed E-state index contributed by atoms with van der Waals surface area (Å²) >= 11 is 0. The van der Waals surface area contributed by atoms with Gasteiger partial charge in [0.05, 0.1) is 11.9 Å². The van der Waals surface area contributed by atoms with Crippen LogP contribution in [0.15, 0.2) is 91.1 Å². The highest BCUT2D eigenvalue weighted by molar-refractivity contribution is 5.70. The van der Waals surface area contributed by atoms with Crippen molar-refractivity contribution in [3.8, 4) is 34.3 Å². The van der Waals surface area contributed by atoms with Gasteiger partial charge in [-0.1, -0.05) is 36.4 Å². The maximum absolute atomic E-state index is 6.15. The number of imidazole rings is 1. The molecule has 0 radical (unpaired) electrons. The van der Waals surface area contributed by atoms with Crippen LogP contribution in [0.5, 0.6) is 23.0 Å². The van der Waals surface area contributed by atoms with Gasteiger partial charge in [0, 0.05) is 12.1 Å². The van der Waals surface area contributed by atoms with Gasteiger partial charge in [-0.15, -0.1) is 5.10 Å². The van der Waals surface area contributed by atoms with Gasteiger partial charge in [0.15, 0.2) is 17.1 Å². The zero-order valence-corrected chi connectivity index (χ0v) is 17.6. The van der Waals surface area contributed by atoms with E-state index in [0.29, 0.717) is 6.54 Å². The van der Waals surface area contributed by atoms with Gasteiger partial charge in [-0.25, -0.2) is 9.50 Å². The van der Waals surface area contributed by atoms with Crippen molar-refractivity contribution in [2.75, 3.05) is 12.1 Å². The lowest BCUT2D eigenvalue weighted by molar-refractivity contribution is 0.174. The van der Waals surface area contributed by atoms with Gasteiger partial charge in [-0.3, -0.25) is 0 Å². The van der Waals surface area contributed by atoms with Crippen molar-refractivity contribution in [1.82, 2.24) is 14.6 Å². The van der Waals surface area contributed by atoms with E-state index < -0.39 is 0 Å². The summed E-state index contributed by atoms with van der Waals surface area (Å²) in [5, 5.41) is 8.16. The third kappa shape index (κ3) is 3.80. The van der Waals surface area contributed by atoms with Gasteiger partial charge in [-0.2, -0.15) is 0 Å². The summed E-state index contributed by atoms with van der Waals surface area (Å²) < 4.78 is 18.8. The number of hydrogen-bond acceptors (Lipinski definition) is 6. The number of rotatable bonds is 6. The quantitative estimate of drug-likeness (QED) is 0.377. The normalized spacial score (nSPS) is 12.1. The Kier molecular flexibility index (Phi) is 4.77. The second-order valence-corrected chi connectivity index (χ2v) is 7.58. The highest BCUT2D eigenvalue weighted by atomic mass is 16.7. The lowest BCUT2D eigenvalue weighted by Gasteiger charge is -2.11.